The van der Waals surface area contributed by atoms with Crippen LogP contribution in [0, 0.1) is 0 Å². The van der Waals surface area contributed by atoms with Gasteiger partial charge < -0.3 is 9.97 Å². The number of nitrogens with one attached hydrogen (secondary N) is 6. The molecule has 0 bridgehead atoms. The predicted octanol–water partition coefficient (Wildman–Crippen LogP) is -0.791. The first-order valence-electron chi connectivity index (χ1n) is 7.75. The predicted molar refractivity (Wildman–Crippen MR) is 97.6 cm³/mol. The van der Waals surface area contributed by atoms with Gasteiger partial charge in [-0.25, -0.2) is 9.97 Å². The van der Waals surface area contributed by atoms with Crippen molar-refractivity contribution >= 4 is 46.0 Å². The molecule has 4 aromatic rings. The summed E-state index contributed by atoms with van der Waals surface area (Å²) < 4.78 is 0. The Bertz CT molecular complexity index is 1180. The number of fused-ring (bicyclic) bond motifs is 2. The molecule has 0 aliphatic heterocycles. The van der Waals surface area contributed by atoms with Gasteiger partial charge in [-0.3, -0.25) is 39.8 Å². The van der Waals surface area contributed by atoms with Crippen molar-refractivity contribution in [3.63, 3.8) is 0 Å². The molecule has 0 saturated heterocycles. The van der Waals surface area contributed by atoms with E-state index in [1.54, 1.807) is 0 Å². The molecule has 0 fully saturated rings. The first-order chi connectivity index (χ1) is 13.3. The number of H-pyrrole nitrogens is 4. The summed E-state index contributed by atoms with van der Waals surface area (Å²) in [6.45, 7) is 2.66. The monoisotopic (exact) mass is 386 g/mol. The van der Waals surface area contributed by atoms with Crippen LogP contribution in [0.2, 0.25) is 0 Å². The van der Waals surface area contributed by atoms with Crippen molar-refractivity contribution in [2.75, 3.05) is 10.6 Å². The molecule has 4 rings (SSSR count). The zero-order chi connectivity index (χ0) is 20.3. The Balaban J connectivity index is 0.000000161. The van der Waals surface area contributed by atoms with Gasteiger partial charge in [-0.2, -0.15) is 9.97 Å². The Hall–Kier alpha value is -4.36. The molecule has 144 valence electrons. The second-order valence-corrected chi connectivity index (χ2v) is 5.39. The highest BCUT2D eigenvalue weighted by molar-refractivity contribution is 5.88. The number of imidazole rings is 2. The van der Waals surface area contributed by atoms with Gasteiger partial charge in [0.2, 0.25) is 23.7 Å². The largest absolute Gasteiger partial charge is 0.339 e. The average Bonchev–Trinajstić information content (AvgIpc) is 3.23. The summed E-state index contributed by atoms with van der Waals surface area (Å²) in [5.74, 6) is -0.407. The topological polar surface area (TPSA) is 207 Å². The van der Waals surface area contributed by atoms with Gasteiger partial charge in [-0.05, 0) is 0 Å². The normalized spacial score (nSPS) is 10.4. The number of nitrogens with zero attached hydrogens (tertiary/aromatic N) is 4. The van der Waals surface area contributed by atoms with Crippen LogP contribution >= 0.6 is 0 Å². The van der Waals surface area contributed by atoms with Crippen LogP contribution in [0.15, 0.2) is 22.2 Å². The third-order valence-electron chi connectivity index (χ3n) is 3.18. The zero-order valence-corrected chi connectivity index (χ0v) is 14.6. The molecule has 14 heteroatoms. The lowest BCUT2D eigenvalue weighted by Crippen LogP contribution is -2.15. The van der Waals surface area contributed by atoms with E-state index in [4.69, 9.17) is 0 Å². The van der Waals surface area contributed by atoms with Crippen LogP contribution in [-0.2, 0) is 9.59 Å². The van der Waals surface area contributed by atoms with Crippen molar-refractivity contribution < 1.29 is 9.59 Å². The lowest BCUT2D eigenvalue weighted by molar-refractivity contribution is -0.115. The lowest BCUT2D eigenvalue weighted by Gasteiger charge is -1.98. The molecule has 0 aromatic carbocycles. The van der Waals surface area contributed by atoms with Gasteiger partial charge in [-0.1, -0.05) is 0 Å². The van der Waals surface area contributed by atoms with Crippen molar-refractivity contribution in [3.05, 3.63) is 33.4 Å². The van der Waals surface area contributed by atoms with Crippen LogP contribution in [0.1, 0.15) is 13.8 Å². The number of aromatic nitrogens is 8. The van der Waals surface area contributed by atoms with E-state index < -0.39 is 0 Å². The highest BCUT2D eigenvalue weighted by Gasteiger charge is 2.06. The Morgan fingerprint density at radius 3 is 1.54 bits per heavy atom. The number of carbonyl (C=O) groups excluding carboxylic acids is 2. The summed E-state index contributed by atoms with van der Waals surface area (Å²) in [7, 11) is 0. The first-order valence-corrected chi connectivity index (χ1v) is 7.75. The molecule has 0 unspecified atom stereocenters. The molecule has 14 nitrogen and oxygen atoms in total. The molecule has 0 aliphatic carbocycles. The Labute approximate surface area is 154 Å². The number of anilines is 2. The molecule has 0 atom stereocenters. The number of hydrogen-bond donors (Lipinski definition) is 6. The molecule has 0 spiro atoms. The smallest absolute Gasteiger partial charge is 0.278 e. The SMILES string of the molecule is CC(=O)Nc1nc2nc[nH]c2c(=O)[nH]1.CC(=O)Nc1nc2nc[nH]c2c(=O)[nH]1. The molecule has 28 heavy (non-hydrogen) atoms. The maximum atomic E-state index is 11.3. The van der Waals surface area contributed by atoms with E-state index in [1.165, 1.54) is 26.5 Å². The van der Waals surface area contributed by atoms with E-state index in [0.29, 0.717) is 11.0 Å². The minimum absolute atomic E-state index is 0.0992. The van der Waals surface area contributed by atoms with E-state index in [-0.39, 0.29) is 46.1 Å². The van der Waals surface area contributed by atoms with Crippen LogP contribution in [0.3, 0.4) is 0 Å². The van der Waals surface area contributed by atoms with Crippen molar-refractivity contribution in [1.29, 1.82) is 0 Å². The van der Waals surface area contributed by atoms with Crippen molar-refractivity contribution in [2.24, 2.45) is 0 Å². The number of hydrogen-bond acceptors (Lipinski definition) is 8. The summed E-state index contributed by atoms with van der Waals surface area (Å²) >= 11 is 0. The maximum absolute atomic E-state index is 11.3. The molecular formula is C14H14N10O4. The minimum Gasteiger partial charge on any atom is -0.339 e. The van der Waals surface area contributed by atoms with Crippen molar-refractivity contribution in [3.8, 4) is 0 Å². The van der Waals surface area contributed by atoms with Gasteiger partial charge in [0.1, 0.15) is 0 Å². The summed E-state index contributed by atoms with van der Waals surface area (Å²) in [4.78, 5) is 69.5. The number of aromatic amines is 4. The van der Waals surface area contributed by atoms with Crippen molar-refractivity contribution in [2.45, 2.75) is 13.8 Å². The van der Waals surface area contributed by atoms with Crippen LogP contribution in [0.25, 0.3) is 22.3 Å². The standard InChI is InChI=1S/2C7H7N5O2/c2*1-3(13)10-7-11-5-4(6(14)12-7)8-2-9-5/h2*2H,1H3,(H3,8,9,10,11,12,13,14). The van der Waals surface area contributed by atoms with Gasteiger partial charge >= 0.3 is 0 Å². The Morgan fingerprint density at radius 2 is 1.18 bits per heavy atom. The fraction of sp³-hybridized carbons (Fsp3) is 0.143. The Kier molecular flexibility index (Phi) is 4.93. The first kappa shape index (κ1) is 18.4. The highest BCUT2D eigenvalue weighted by Crippen LogP contribution is 2.03. The second-order valence-electron chi connectivity index (χ2n) is 5.39. The fourth-order valence-electron chi connectivity index (χ4n) is 2.14. The van der Waals surface area contributed by atoms with E-state index in [9.17, 15) is 19.2 Å². The fourth-order valence-corrected chi connectivity index (χ4v) is 2.14. The van der Waals surface area contributed by atoms with Crippen molar-refractivity contribution in [1.82, 2.24) is 39.9 Å². The van der Waals surface area contributed by atoms with Gasteiger partial charge in [-0.15, -0.1) is 0 Å². The summed E-state index contributed by atoms with van der Waals surface area (Å²) in [6.07, 6.45) is 2.73. The van der Waals surface area contributed by atoms with Gasteiger partial charge in [0.15, 0.2) is 22.3 Å². The van der Waals surface area contributed by atoms with Gasteiger partial charge in [0, 0.05) is 13.8 Å². The van der Waals surface area contributed by atoms with Crippen LogP contribution in [0.4, 0.5) is 11.9 Å². The molecule has 0 radical (unpaired) electrons. The van der Waals surface area contributed by atoms with E-state index in [2.05, 4.69) is 50.5 Å². The lowest BCUT2D eigenvalue weighted by atomic mass is 10.5. The van der Waals surface area contributed by atoms with Gasteiger partial charge in [0.25, 0.3) is 11.1 Å². The van der Waals surface area contributed by atoms with Crippen LogP contribution in [0.5, 0.6) is 0 Å². The average molecular weight is 386 g/mol. The summed E-state index contributed by atoms with van der Waals surface area (Å²) in [5.41, 5.74) is 0.403. The summed E-state index contributed by atoms with van der Waals surface area (Å²) in [6, 6.07) is 0. The highest BCUT2D eigenvalue weighted by atomic mass is 16.2. The molecule has 2 amide bonds. The quantitative estimate of drug-likeness (QED) is 0.256. The van der Waals surface area contributed by atoms with E-state index in [0.717, 1.165) is 0 Å². The maximum Gasteiger partial charge on any atom is 0.278 e. The zero-order valence-electron chi connectivity index (χ0n) is 14.6. The molecule has 6 N–H and O–H groups in total. The Morgan fingerprint density at radius 1 is 0.786 bits per heavy atom. The van der Waals surface area contributed by atoms with Crippen LogP contribution in [-0.4, -0.2) is 51.7 Å². The molecular weight excluding hydrogens is 372 g/mol. The third kappa shape index (κ3) is 4.06. The van der Waals surface area contributed by atoms with Crippen LogP contribution < -0.4 is 21.8 Å². The molecule has 4 heterocycles. The number of carbonyl (C=O) groups is 2. The summed E-state index contributed by atoms with van der Waals surface area (Å²) in [5, 5.41) is 4.74. The van der Waals surface area contributed by atoms with Gasteiger partial charge in [0.05, 0.1) is 12.7 Å². The minimum atomic E-state index is -0.365. The molecule has 0 saturated carbocycles. The molecule has 0 aliphatic rings. The number of amides is 2. The number of rotatable bonds is 2. The van der Waals surface area contributed by atoms with E-state index >= 15 is 0 Å². The second kappa shape index (κ2) is 7.48. The van der Waals surface area contributed by atoms with E-state index in [1.807, 2.05) is 0 Å². The third-order valence-corrected chi connectivity index (χ3v) is 3.18. The molecule has 4 aromatic heterocycles.